The van der Waals surface area contributed by atoms with E-state index in [9.17, 15) is 13.6 Å². The molecule has 1 saturated heterocycles. The lowest BCUT2D eigenvalue weighted by Gasteiger charge is -2.34. The molecule has 24 heavy (non-hydrogen) atoms. The third-order valence-electron chi connectivity index (χ3n) is 4.03. The normalized spacial score (nSPS) is 16.4. The number of halogens is 3. The Bertz CT molecular complexity index is 552. The van der Waals surface area contributed by atoms with Crippen molar-refractivity contribution in [3.8, 4) is 5.75 Å². The zero-order valence-electron chi connectivity index (χ0n) is 13.7. The molecule has 2 N–H and O–H groups in total. The molecular formula is C16H23ClF2N2O3. The fourth-order valence-electron chi connectivity index (χ4n) is 2.59. The van der Waals surface area contributed by atoms with E-state index in [4.69, 9.17) is 9.47 Å². The van der Waals surface area contributed by atoms with Gasteiger partial charge in [0.15, 0.2) is 0 Å². The van der Waals surface area contributed by atoms with Gasteiger partial charge in [-0.3, -0.25) is 4.79 Å². The Hall–Kier alpha value is -1.44. The summed E-state index contributed by atoms with van der Waals surface area (Å²) in [5, 5.41) is 5.98. The summed E-state index contributed by atoms with van der Waals surface area (Å²) < 4.78 is 35.1. The number of alkyl halides is 2. The van der Waals surface area contributed by atoms with Crippen LogP contribution < -0.4 is 15.4 Å². The smallest absolute Gasteiger partial charge is 0.272 e. The number of hydrogen-bond acceptors (Lipinski definition) is 4. The summed E-state index contributed by atoms with van der Waals surface area (Å²) in [6.07, 6.45) is -1.38. The maximum atomic E-state index is 12.6. The summed E-state index contributed by atoms with van der Waals surface area (Å²) in [6.45, 7) is 2.50. The molecule has 136 valence electrons. The summed E-state index contributed by atoms with van der Waals surface area (Å²) in [7, 11) is 1.53. The number of hydrogen-bond donors (Lipinski definition) is 2. The molecule has 2 rings (SSSR count). The number of ether oxygens (including phenoxy) is 2. The fraction of sp³-hybridized carbons (Fsp3) is 0.562. The average Bonchev–Trinajstić information content (AvgIpc) is 2.55. The highest BCUT2D eigenvalue weighted by molar-refractivity contribution is 5.97. The van der Waals surface area contributed by atoms with E-state index < -0.39 is 18.6 Å². The zero-order valence-corrected chi connectivity index (χ0v) is 14.6. The molecule has 0 saturated carbocycles. The zero-order chi connectivity index (χ0) is 16.9. The molecule has 1 aromatic rings. The Labute approximate surface area is 146 Å². The Balaban J connectivity index is 0.00000288. The molecule has 5 nitrogen and oxygen atoms in total. The first-order valence-electron chi connectivity index (χ1n) is 7.56. The van der Waals surface area contributed by atoms with Crippen LogP contribution in [0.1, 0.15) is 18.4 Å². The average molecular weight is 365 g/mol. The second kappa shape index (κ2) is 9.15. The fourth-order valence-corrected chi connectivity index (χ4v) is 2.59. The van der Waals surface area contributed by atoms with Crippen molar-refractivity contribution in [1.82, 2.24) is 5.32 Å². The van der Waals surface area contributed by atoms with Gasteiger partial charge in [0.1, 0.15) is 18.0 Å². The molecule has 0 atom stereocenters. The van der Waals surface area contributed by atoms with Gasteiger partial charge in [-0.15, -0.1) is 12.4 Å². The minimum absolute atomic E-state index is 0. The molecule has 1 aliphatic heterocycles. The quantitative estimate of drug-likeness (QED) is 0.815. The standard InChI is InChI=1S/C16H22F2N2O3.ClH/c1-11-3-4-12(9-13(11)23-10-14(17)18)20-15(21)16(22-2)5-7-19-8-6-16;/h3-4,9,14,19H,5-8,10H2,1-2H3,(H,20,21);1H. The first-order valence-corrected chi connectivity index (χ1v) is 7.56. The van der Waals surface area contributed by atoms with Gasteiger partial charge in [0, 0.05) is 18.9 Å². The van der Waals surface area contributed by atoms with Crippen LogP contribution in [0.25, 0.3) is 0 Å². The van der Waals surface area contributed by atoms with E-state index in [1.165, 1.54) is 7.11 Å². The van der Waals surface area contributed by atoms with Crippen LogP contribution in [0.15, 0.2) is 18.2 Å². The number of aryl methyl sites for hydroxylation is 1. The summed E-state index contributed by atoms with van der Waals surface area (Å²) in [5.41, 5.74) is 0.368. The number of carbonyl (C=O) groups excluding carboxylic acids is 1. The van der Waals surface area contributed by atoms with Crippen LogP contribution in [0, 0.1) is 6.92 Å². The molecule has 1 heterocycles. The molecule has 0 bridgehead atoms. The predicted molar refractivity (Wildman–Crippen MR) is 90.4 cm³/mol. The number of benzene rings is 1. The number of piperidine rings is 1. The minimum Gasteiger partial charge on any atom is -0.487 e. The van der Waals surface area contributed by atoms with Gasteiger partial charge in [-0.05, 0) is 44.5 Å². The van der Waals surface area contributed by atoms with Crippen molar-refractivity contribution in [3.05, 3.63) is 23.8 Å². The lowest BCUT2D eigenvalue weighted by molar-refractivity contribution is -0.140. The van der Waals surface area contributed by atoms with Crippen LogP contribution in [0.4, 0.5) is 14.5 Å². The number of methoxy groups -OCH3 is 1. The van der Waals surface area contributed by atoms with Gasteiger partial charge in [0.2, 0.25) is 0 Å². The maximum absolute atomic E-state index is 12.6. The highest BCUT2D eigenvalue weighted by Crippen LogP contribution is 2.27. The van der Waals surface area contributed by atoms with Crippen LogP contribution in [0.5, 0.6) is 5.75 Å². The van der Waals surface area contributed by atoms with Crippen LogP contribution in [-0.2, 0) is 9.53 Å². The van der Waals surface area contributed by atoms with Crippen LogP contribution in [-0.4, -0.2) is 44.7 Å². The number of rotatable bonds is 6. The van der Waals surface area contributed by atoms with Crippen LogP contribution >= 0.6 is 12.4 Å². The molecular weight excluding hydrogens is 342 g/mol. The summed E-state index contributed by atoms with van der Waals surface area (Å²) in [5.74, 6) is 0.102. The lowest BCUT2D eigenvalue weighted by Crippen LogP contribution is -2.51. The highest BCUT2D eigenvalue weighted by atomic mass is 35.5. The molecule has 1 fully saturated rings. The minimum atomic E-state index is -2.54. The first kappa shape index (κ1) is 20.6. The predicted octanol–water partition coefficient (Wildman–Crippen LogP) is 2.77. The van der Waals surface area contributed by atoms with Gasteiger partial charge in [-0.2, -0.15) is 0 Å². The Morgan fingerprint density at radius 3 is 2.62 bits per heavy atom. The number of anilines is 1. The van der Waals surface area contributed by atoms with Crippen molar-refractivity contribution < 1.29 is 23.0 Å². The van der Waals surface area contributed by atoms with Crippen LogP contribution in [0.3, 0.4) is 0 Å². The van der Waals surface area contributed by atoms with Crippen molar-refractivity contribution in [1.29, 1.82) is 0 Å². The second-order valence-corrected chi connectivity index (χ2v) is 5.58. The third-order valence-corrected chi connectivity index (χ3v) is 4.03. The van der Waals surface area contributed by atoms with Crippen LogP contribution in [0.2, 0.25) is 0 Å². The molecule has 8 heteroatoms. The molecule has 0 aromatic heterocycles. The van der Waals surface area contributed by atoms with Crippen molar-refractivity contribution in [2.45, 2.75) is 31.8 Å². The Morgan fingerprint density at radius 2 is 2.04 bits per heavy atom. The SMILES string of the molecule is COC1(C(=O)Nc2ccc(C)c(OCC(F)F)c2)CCNCC1.Cl. The molecule has 1 aromatic carbocycles. The molecule has 0 spiro atoms. The maximum Gasteiger partial charge on any atom is 0.272 e. The molecule has 1 aliphatic rings. The van der Waals surface area contributed by atoms with E-state index in [1.54, 1.807) is 25.1 Å². The summed E-state index contributed by atoms with van der Waals surface area (Å²) in [6, 6.07) is 4.99. The molecule has 0 unspecified atom stereocenters. The number of amides is 1. The molecule has 1 amide bonds. The van der Waals surface area contributed by atoms with Gasteiger partial charge in [-0.1, -0.05) is 6.07 Å². The van der Waals surface area contributed by atoms with Gasteiger partial charge in [-0.25, -0.2) is 8.78 Å². The summed E-state index contributed by atoms with van der Waals surface area (Å²) in [4.78, 5) is 12.6. The lowest BCUT2D eigenvalue weighted by atomic mass is 9.91. The first-order chi connectivity index (χ1) is 11.0. The summed E-state index contributed by atoms with van der Waals surface area (Å²) >= 11 is 0. The topological polar surface area (TPSA) is 59.6 Å². The van der Waals surface area contributed by atoms with Gasteiger partial charge in [0.25, 0.3) is 12.3 Å². The van der Waals surface area contributed by atoms with E-state index in [2.05, 4.69) is 10.6 Å². The second-order valence-electron chi connectivity index (χ2n) is 5.58. The van der Waals surface area contributed by atoms with E-state index in [0.29, 0.717) is 37.4 Å². The number of nitrogens with one attached hydrogen (secondary N) is 2. The van der Waals surface area contributed by atoms with Crippen molar-refractivity contribution in [3.63, 3.8) is 0 Å². The van der Waals surface area contributed by atoms with E-state index in [1.807, 2.05) is 0 Å². The van der Waals surface area contributed by atoms with Gasteiger partial charge < -0.3 is 20.1 Å². The Morgan fingerprint density at radius 1 is 1.38 bits per heavy atom. The molecule has 0 aliphatic carbocycles. The van der Waals surface area contributed by atoms with E-state index >= 15 is 0 Å². The third kappa shape index (κ3) is 5.03. The Kier molecular flexibility index (Phi) is 7.86. The van der Waals surface area contributed by atoms with Crippen molar-refractivity contribution in [2.75, 3.05) is 32.1 Å². The van der Waals surface area contributed by atoms with E-state index in [0.717, 1.165) is 5.56 Å². The van der Waals surface area contributed by atoms with Gasteiger partial charge in [0.05, 0.1) is 0 Å². The largest absolute Gasteiger partial charge is 0.487 e. The molecule has 0 radical (unpaired) electrons. The van der Waals surface area contributed by atoms with E-state index in [-0.39, 0.29) is 18.3 Å². The number of carbonyl (C=O) groups is 1. The highest BCUT2D eigenvalue weighted by Gasteiger charge is 2.39. The van der Waals surface area contributed by atoms with Crippen molar-refractivity contribution in [2.24, 2.45) is 0 Å². The monoisotopic (exact) mass is 364 g/mol. The van der Waals surface area contributed by atoms with Gasteiger partial charge >= 0.3 is 0 Å². The van der Waals surface area contributed by atoms with Crippen molar-refractivity contribution >= 4 is 24.0 Å².